The summed E-state index contributed by atoms with van der Waals surface area (Å²) in [6.45, 7) is 3.89. The van der Waals surface area contributed by atoms with Crippen molar-refractivity contribution in [3.8, 4) is 17.0 Å². The summed E-state index contributed by atoms with van der Waals surface area (Å²) in [4.78, 5) is 16.8. The van der Waals surface area contributed by atoms with Gasteiger partial charge in [-0.2, -0.15) is 18.3 Å². The lowest BCUT2D eigenvalue weighted by molar-refractivity contribution is -0.265. The van der Waals surface area contributed by atoms with Crippen LogP contribution in [0.15, 0.2) is 42.5 Å². The Morgan fingerprint density at radius 1 is 1.00 bits per heavy atom. The highest BCUT2D eigenvalue weighted by molar-refractivity contribution is 5.99. The molecule has 0 aliphatic carbocycles. The molecule has 4 aromatic rings. The number of rotatable bonds is 7. The minimum Gasteiger partial charge on any atom is -0.494 e. The molecule has 2 heterocycles. The zero-order valence-electron chi connectivity index (χ0n) is 23.2. The highest BCUT2D eigenvalue weighted by Gasteiger charge is 2.57. The Morgan fingerprint density at radius 2 is 1.69 bits per heavy atom. The lowest BCUT2D eigenvalue weighted by Crippen LogP contribution is -2.51. The van der Waals surface area contributed by atoms with Gasteiger partial charge in [0.25, 0.3) is 5.91 Å². The number of hydrogen-bond donors (Lipinski definition) is 3. The number of aryl methyl sites for hydroxylation is 2. The standard InChI is InChI=1S/C29H27F5N4O4/c1-14-8-16(6-7-20(14)30)25-23(31)19(27(3,4)40)12-22(36-25)28(41,29(32,33)34)13-35-26(39)18-10-17-9-15(2)37-38-24(17)21(11-18)42-5/h6-12,40-41H,13H2,1-5H3,(H,35,39). The molecule has 3 N–H and O–H groups in total. The molecule has 0 bridgehead atoms. The van der Waals surface area contributed by atoms with E-state index in [0.29, 0.717) is 22.7 Å². The molecular formula is C29H27F5N4O4. The lowest BCUT2D eigenvalue weighted by Gasteiger charge is -2.32. The van der Waals surface area contributed by atoms with Crippen molar-refractivity contribution in [2.75, 3.05) is 13.7 Å². The van der Waals surface area contributed by atoms with Crippen molar-refractivity contribution in [2.45, 2.75) is 45.1 Å². The number of hydrogen-bond acceptors (Lipinski definition) is 7. The molecule has 0 saturated carbocycles. The van der Waals surface area contributed by atoms with Crippen molar-refractivity contribution in [1.82, 2.24) is 20.5 Å². The molecule has 0 radical (unpaired) electrons. The molecule has 222 valence electrons. The van der Waals surface area contributed by atoms with Gasteiger partial charge < -0.3 is 20.3 Å². The van der Waals surface area contributed by atoms with Crippen molar-refractivity contribution in [3.05, 3.63) is 82.2 Å². The molecule has 1 amide bonds. The van der Waals surface area contributed by atoms with E-state index in [9.17, 15) is 32.6 Å². The first-order valence-corrected chi connectivity index (χ1v) is 12.6. The van der Waals surface area contributed by atoms with Crippen molar-refractivity contribution in [1.29, 1.82) is 0 Å². The van der Waals surface area contributed by atoms with Crippen LogP contribution in [0.25, 0.3) is 22.2 Å². The Balaban J connectivity index is 1.80. The molecule has 0 aliphatic rings. The molecule has 0 spiro atoms. The van der Waals surface area contributed by atoms with E-state index in [1.807, 2.05) is 0 Å². The molecule has 8 nitrogen and oxygen atoms in total. The van der Waals surface area contributed by atoms with Gasteiger partial charge in [-0.1, -0.05) is 0 Å². The monoisotopic (exact) mass is 590 g/mol. The van der Waals surface area contributed by atoms with Gasteiger partial charge in [0.05, 0.1) is 30.6 Å². The second kappa shape index (κ2) is 10.9. The number of amides is 1. The van der Waals surface area contributed by atoms with E-state index >= 15 is 4.39 Å². The van der Waals surface area contributed by atoms with Gasteiger partial charge in [-0.15, -0.1) is 5.10 Å². The van der Waals surface area contributed by atoms with Gasteiger partial charge in [0, 0.05) is 22.1 Å². The quantitative estimate of drug-likeness (QED) is 0.259. The number of pyridine rings is 1. The van der Waals surface area contributed by atoms with Gasteiger partial charge in [-0.05, 0) is 75.7 Å². The van der Waals surface area contributed by atoms with Gasteiger partial charge in [0.1, 0.15) is 22.8 Å². The van der Waals surface area contributed by atoms with Crippen LogP contribution in [0, 0.1) is 25.5 Å². The molecule has 1 atom stereocenters. The SMILES string of the molecule is COc1cc(C(=O)NCC(O)(c2cc(C(C)(C)O)c(F)c(-c3ccc(F)c(C)c3)n2)C(F)(F)F)cc2cc(C)nnc12. The summed E-state index contributed by atoms with van der Waals surface area (Å²) in [5.41, 5.74) is -7.46. The Kier molecular flexibility index (Phi) is 7.96. The molecular weight excluding hydrogens is 563 g/mol. The molecule has 1 unspecified atom stereocenters. The smallest absolute Gasteiger partial charge is 0.424 e. The van der Waals surface area contributed by atoms with Crippen molar-refractivity contribution >= 4 is 16.8 Å². The van der Waals surface area contributed by atoms with Gasteiger partial charge in [-0.25, -0.2) is 13.8 Å². The molecule has 2 aromatic heterocycles. The fourth-order valence-electron chi connectivity index (χ4n) is 4.33. The Labute approximate surface area is 237 Å². The summed E-state index contributed by atoms with van der Waals surface area (Å²) in [7, 11) is 1.32. The number of halogens is 5. The maximum absolute atomic E-state index is 15.5. The van der Waals surface area contributed by atoms with E-state index in [0.717, 1.165) is 26.0 Å². The van der Waals surface area contributed by atoms with E-state index in [4.69, 9.17) is 4.74 Å². The summed E-state index contributed by atoms with van der Waals surface area (Å²) < 4.78 is 78.2. The van der Waals surface area contributed by atoms with Gasteiger partial charge in [-0.3, -0.25) is 4.79 Å². The summed E-state index contributed by atoms with van der Waals surface area (Å²) in [5.74, 6) is -2.65. The third kappa shape index (κ3) is 5.74. The van der Waals surface area contributed by atoms with E-state index in [-0.39, 0.29) is 22.4 Å². The fourth-order valence-corrected chi connectivity index (χ4v) is 4.33. The van der Waals surface area contributed by atoms with Crippen LogP contribution in [0.2, 0.25) is 0 Å². The number of carbonyl (C=O) groups excluding carboxylic acids is 1. The van der Waals surface area contributed by atoms with E-state index < -0.39 is 58.4 Å². The largest absolute Gasteiger partial charge is 0.494 e. The highest BCUT2D eigenvalue weighted by Crippen LogP contribution is 2.41. The van der Waals surface area contributed by atoms with Crippen LogP contribution in [0.4, 0.5) is 22.0 Å². The van der Waals surface area contributed by atoms with Crippen LogP contribution in [0.5, 0.6) is 5.75 Å². The van der Waals surface area contributed by atoms with Crippen molar-refractivity contribution < 1.29 is 41.7 Å². The average molecular weight is 591 g/mol. The topological polar surface area (TPSA) is 117 Å². The Hall–Kier alpha value is -4.23. The van der Waals surface area contributed by atoms with Crippen LogP contribution in [0.1, 0.15) is 46.7 Å². The summed E-state index contributed by atoms with van der Waals surface area (Å²) in [6.07, 6.45) is -5.42. The zero-order chi connectivity index (χ0) is 31.2. The first-order chi connectivity index (χ1) is 19.5. The van der Waals surface area contributed by atoms with E-state index in [2.05, 4.69) is 20.5 Å². The molecule has 0 aliphatic heterocycles. The normalized spacial score (nSPS) is 13.6. The second-order valence-electron chi connectivity index (χ2n) is 10.4. The first-order valence-electron chi connectivity index (χ1n) is 12.6. The minimum absolute atomic E-state index is 0.0641. The maximum Gasteiger partial charge on any atom is 0.424 e. The molecule has 4 rings (SSSR count). The number of methoxy groups -OCH3 is 1. The number of ether oxygens (including phenoxy) is 1. The third-order valence-corrected chi connectivity index (χ3v) is 6.70. The van der Waals surface area contributed by atoms with Crippen LogP contribution < -0.4 is 10.1 Å². The summed E-state index contributed by atoms with van der Waals surface area (Å²) in [6, 6.07) is 8.10. The lowest BCUT2D eigenvalue weighted by atomic mass is 9.90. The van der Waals surface area contributed by atoms with Crippen LogP contribution in [-0.2, 0) is 11.2 Å². The highest BCUT2D eigenvalue weighted by atomic mass is 19.4. The molecule has 0 fully saturated rings. The Morgan fingerprint density at radius 3 is 2.29 bits per heavy atom. The number of benzene rings is 2. The molecule has 2 aromatic carbocycles. The second-order valence-corrected chi connectivity index (χ2v) is 10.4. The van der Waals surface area contributed by atoms with E-state index in [1.54, 1.807) is 13.0 Å². The fraction of sp³-hybridized carbons (Fsp3) is 0.310. The number of aromatic nitrogens is 3. The Bertz CT molecular complexity index is 1690. The summed E-state index contributed by atoms with van der Waals surface area (Å²) >= 11 is 0. The van der Waals surface area contributed by atoms with Gasteiger partial charge in [0.15, 0.2) is 5.82 Å². The van der Waals surface area contributed by atoms with Crippen LogP contribution >= 0.6 is 0 Å². The predicted molar refractivity (Wildman–Crippen MR) is 143 cm³/mol. The number of fused-ring (bicyclic) bond motifs is 1. The van der Waals surface area contributed by atoms with Crippen molar-refractivity contribution in [3.63, 3.8) is 0 Å². The van der Waals surface area contributed by atoms with Crippen LogP contribution in [0.3, 0.4) is 0 Å². The number of carbonyl (C=O) groups is 1. The van der Waals surface area contributed by atoms with Crippen LogP contribution in [-0.4, -0.2) is 51.1 Å². The van der Waals surface area contributed by atoms with Crippen molar-refractivity contribution in [2.24, 2.45) is 0 Å². The number of nitrogens with one attached hydrogen (secondary N) is 1. The third-order valence-electron chi connectivity index (χ3n) is 6.70. The molecule has 0 saturated heterocycles. The first kappa shape index (κ1) is 30.7. The van der Waals surface area contributed by atoms with Gasteiger partial charge in [0.2, 0.25) is 5.60 Å². The average Bonchev–Trinajstić information content (AvgIpc) is 2.91. The summed E-state index contributed by atoms with van der Waals surface area (Å²) in [5, 5.41) is 32.1. The van der Waals surface area contributed by atoms with E-state index in [1.165, 1.54) is 32.2 Å². The minimum atomic E-state index is -5.42. The predicted octanol–water partition coefficient (Wildman–Crippen LogP) is 5.00. The molecule has 42 heavy (non-hydrogen) atoms. The zero-order valence-corrected chi connectivity index (χ0v) is 23.2. The van der Waals surface area contributed by atoms with Gasteiger partial charge >= 0.3 is 6.18 Å². The number of nitrogens with zero attached hydrogens (tertiary/aromatic N) is 3. The maximum atomic E-state index is 15.5. The molecule has 13 heteroatoms. The number of alkyl halides is 3. The number of aliphatic hydroxyl groups is 2.